The number of carbonyl (C=O) groups is 1. The molecule has 0 saturated carbocycles. The van der Waals surface area contributed by atoms with E-state index in [0.29, 0.717) is 24.7 Å². The van der Waals surface area contributed by atoms with Gasteiger partial charge in [0.15, 0.2) is 11.6 Å². The lowest BCUT2D eigenvalue weighted by molar-refractivity contribution is -0.116. The Hall–Kier alpha value is -3.42. The first kappa shape index (κ1) is 20.5. The predicted octanol–water partition coefficient (Wildman–Crippen LogP) is 3.83. The van der Waals surface area contributed by atoms with Crippen LogP contribution in [0.2, 0.25) is 0 Å². The molecule has 3 aromatic rings. The largest absolute Gasteiger partial charge is 0.494 e. The maximum absolute atomic E-state index is 12.6. The van der Waals surface area contributed by atoms with Gasteiger partial charge in [0.2, 0.25) is 5.91 Å². The number of fused-ring (bicyclic) bond motifs is 1. The number of ether oxygens (including phenoxy) is 1. The van der Waals surface area contributed by atoms with Gasteiger partial charge in [0.1, 0.15) is 11.6 Å². The van der Waals surface area contributed by atoms with Crippen LogP contribution in [0, 0.1) is 6.92 Å². The maximum atomic E-state index is 12.6. The second-order valence-electron chi connectivity index (χ2n) is 8.36. The number of hydrogen-bond acceptors (Lipinski definition) is 6. The van der Waals surface area contributed by atoms with E-state index in [9.17, 15) is 4.79 Å². The van der Waals surface area contributed by atoms with Crippen LogP contribution in [-0.2, 0) is 4.79 Å². The van der Waals surface area contributed by atoms with E-state index in [-0.39, 0.29) is 11.8 Å². The van der Waals surface area contributed by atoms with Crippen molar-refractivity contribution in [1.29, 1.82) is 0 Å². The average molecular weight is 433 g/mol. The van der Waals surface area contributed by atoms with Gasteiger partial charge in [-0.3, -0.25) is 4.79 Å². The van der Waals surface area contributed by atoms with Crippen molar-refractivity contribution in [1.82, 2.24) is 20.0 Å². The summed E-state index contributed by atoms with van der Waals surface area (Å²) in [5.41, 5.74) is 2.97. The Morgan fingerprint density at radius 3 is 2.44 bits per heavy atom. The van der Waals surface area contributed by atoms with E-state index in [0.717, 1.165) is 41.5 Å². The molecular weight excluding hydrogens is 404 g/mol. The molecule has 1 aromatic carbocycles. The van der Waals surface area contributed by atoms with E-state index >= 15 is 0 Å². The Labute approximate surface area is 187 Å². The van der Waals surface area contributed by atoms with Crippen LogP contribution < -0.4 is 15.0 Å². The second-order valence-corrected chi connectivity index (χ2v) is 8.36. The topological polar surface area (TPSA) is 85.2 Å². The van der Waals surface area contributed by atoms with Gasteiger partial charge in [-0.25, -0.2) is 0 Å². The van der Waals surface area contributed by atoms with E-state index in [2.05, 4.69) is 20.4 Å². The number of rotatable bonds is 5. The molecule has 1 saturated heterocycles. The molecule has 8 nitrogen and oxygen atoms in total. The van der Waals surface area contributed by atoms with Crippen molar-refractivity contribution in [2.75, 3.05) is 29.9 Å². The molecule has 2 aliphatic heterocycles. The van der Waals surface area contributed by atoms with Crippen LogP contribution in [0.4, 0.5) is 11.6 Å². The standard InChI is InChI=1S/C24H28N6O2/c1-3-32-18-9-7-17(8-10-18)19-15-22(31)25-24-23(19)16(2)28-30(24)21-12-11-20(26-27-21)29-13-5-4-6-14-29/h7-12,19H,3-6,13-15H2,1-2H3,(H,25,31)/t19-/m1/s1. The summed E-state index contributed by atoms with van der Waals surface area (Å²) < 4.78 is 7.27. The summed E-state index contributed by atoms with van der Waals surface area (Å²) in [5, 5.41) is 16.6. The first-order chi connectivity index (χ1) is 15.6. The Bertz CT molecular complexity index is 1100. The molecule has 0 radical (unpaired) electrons. The summed E-state index contributed by atoms with van der Waals surface area (Å²) in [5.74, 6) is 2.90. The van der Waals surface area contributed by atoms with Crippen molar-refractivity contribution in [2.45, 2.75) is 45.4 Å². The molecule has 0 bridgehead atoms. The molecule has 2 aromatic heterocycles. The van der Waals surface area contributed by atoms with Crippen molar-refractivity contribution in [3.63, 3.8) is 0 Å². The fourth-order valence-electron chi connectivity index (χ4n) is 4.68. The smallest absolute Gasteiger partial charge is 0.226 e. The van der Waals surface area contributed by atoms with Crippen LogP contribution in [0.5, 0.6) is 5.75 Å². The molecule has 0 spiro atoms. The van der Waals surface area contributed by atoms with Gasteiger partial charge in [0.05, 0.1) is 12.3 Å². The summed E-state index contributed by atoms with van der Waals surface area (Å²) in [7, 11) is 0. The summed E-state index contributed by atoms with van der Waals surface area (Å²) in [6, 6.07) is 11.9. The van der Waals surface area contributed by atoms with Crippen molar-refractivity contribution < 1.29 is 9.53 Å². The van der Waals surface area contributed by atoms with Crippen LogP contribution in [0.15, 0.2) is 36.4 Å². The van der Waals surface area contributed by atoms with Crippen LogP contribution in [-0.4, -0.2) is 45.6 Å². The summed E-state index contributed by atoms with van der Waals surface area (Å²) in [4.78, 5) is 14.9. The van der Waals surface area contributed by atoms with E-state index in [1.807, 2.05) is 50.2 Å². The van der Waals surface area contributed by atoms with Crippen LogP contribution in [0.1, 0.15) is 55.3 Å². The molecule has 0 aliphatic carbocycles. The fraction of sp³-hybridized carbons (Fsp3) is 0.417. The molecule has 32 heavy (non-hydrogen) atoms. The third-order valence-corrected chi connectivity index (χ3v) is 6.23. The number of amides is 1. The monoisotopic (exact) mass is 432 g/mol. The number of carbonyl (C=O) groups excluding carboxylic acids is 1. The number of aryl methyl sites for hydroxylation is 1. The number of anilines is 2. The molecule has 1 N–H and O–H groups in total. The van der Waals surface area contributed by atoms with Crippen molar-refractivity contribution in [3.05, 3.63) is 53.2 Å². The van der Waals surface area contributed by atoms with E-state index < -0.39 is 0 Å². The van der Waals surface area contributed by atoms with Gasteiger partial charge in [-0.1, -0.05) is 12.1 Å². The number of hydrogen-bond donors (Lipinski definition) is 1. The number of piperidine rings is 1. The highest BCUT2D eigenvalue weighted by Gasteiger charge is 2.33. The van der Waals surface area contributed by atoms with Gasteiger partial charge in [-0.2, -0.15) is 9.78 Å². The van der Waals surface area contributed by atoms with Crippen molar-refractivity contribution in [2.24, 2.45) is 0 Å². The molecule has 1 atom stereocenters. The molecule has 166 valence electrons. The minimum atomic E-state index is -0.0660. The van der Waals surface area contributed by atoms with E-state index in [1.165, 1.54) is 19.3 Å². The Balaban J connectivity index is 1.47. The molecule has 5 rings (SSSR count). The second kappa shape index (κ2) is 8.61. The van der Waals surface area contributed by atoms with E-state index in [1.54, 1.807) is 4.68 Å². The van der Waals surface area contributed by atoms with Crippen molar-refractivity contribution in [3.8, 4) is 11.6 Å². The number of nitrogens with zero attached hydrogens (tertiary/aromatic N) is 5. The Morgan fingerprint density at radius 1 is 1.03 bits per heavy atom. The summed E-state index contributed by atoms with van der Waals surface area (Å²) >= 11 is 0. The molecule has 4 heterocycles. The maximum Gasteiger partial charge on any atom is 0.226 e. The van der Waals surface area contributed by atoms with Crippen LogP contribution in [0.3, 0.4) is 0 Å². The quantitative estimate of drug-likeness (QED) is 0.660. The molecule has 0 unspecified atom stereocenters. The lowest BCUT2D eigenvalue weighted by atomic mass is 9.86. The Kier molecular flexibility index (Phi) is 5.51. The highest BCUT2D eigenvalue weighted by Crippen LogP contribution is 2.40. The first-order valence-corrected chi connectivity index (χ1v) is 11.3. The van der Waals surface area contributed by atoms with Crippen LogP contribution in [0.25, 0.3) is 5.82 Å². The van der Waals surface area contributed by atoms with Gasteiger partial charge in [0, 0.05) is 31.0 Å². The SMILES string of the molecule is CCOc1ccc([C@H]2CC(=O)Nc3c2c(C)nn3-c2ccc(N3CCCCC3)nn2)cc1. The zero-order chi connectivity index (χ0) is 22.1. The molecule has 1 amide bonds. The minimum absolute atomic E-state index is 0.0320. The highest BCUT2D eigenvalue weighted by molar-refractivity contribution is 5.95. The van der Waals surface area contributed by atoms with Gasteiger partial charge in [-0.15, -0.1) is 10.2 Å². The van der Waals surface area contributed by atoms with Crippen molar-refractivity contribution >= 4 is 17.5 Å². The third kappa shape index (κ3) is 3.81. The predicted molar refractivity (Wildman–Crippen MR) is 123 cm³/mol. The normalized spacial score (nSPS) is 18.2. The Morgan fingerprint density at radius 2 is 1.75 bits per heavy atom. The van der Waals surface area contributed by atoms with E-state index in [4.69, 9.17) is 9.84 Å². The molecular formula is C24H28N6O2. The highest BCUT2D eigenvalue weighted by atomic mass is 16.5. The molecule has 1 fully saturated rings. The van der Waals surface area contributed by atoms with Gasteiger partial charge < -0.3 is 15.0 Å². The third-order valence-electron chi connectivity index (χ3n) is 6.23. The molecule has 2 aliphatic rings. The van der Waals surface area contributed by atoms with Gasteiger partial charge in [-0.05, 0) is 62.9 Å². The average Bonchev–Trinajstić information content (AvgIpc) is 3.16. The number of nitrogens with one attached hydrogen (secondary N) is 1. The van der Waals surface area contributed by atoms with Gasteiger partial charge in [0.25, 0.3) is 0 Å². The lowest BCUT2D eigenvalue weighted by Crippen LogP contribution is -2.30. The minimum Gasteiger partial charge on any atom is -0.494 e. The number of aromatic nitrogens is 4. The van der Waals surface area contributed by atoms with Crippen LogP contribution >= 0.6 is 0 Å². The first-order valence-electron chi connectivity index (χ1n) is 11.3. The zero-order valence-corrected chi connectivity index (χ0v) is 18.5. The fourth-order valence-corrected chi connectivity index (χ4v) is 4.68. The summed E-state index contributed by atoms with van der Waals surface area (Å²) in [6.07, 6.45) is 4.03. The summed E-state index contributed by atoms with van der Waals surface area (Å²) in [6.45, 7) is 6.60. The number of benzene rings is 1. The lowest BCUT2D eigenvalue weighted by Gasteiger charge is -2.27. The zero-order valence-electron chi connectivity index (χ0n) is 18.5. The molecule has 8 heteroatoms. The van der Waals surface area contributed by atoms with Gasteiger partial charge >= 0.3 is 0 Å².